The summed E-state index contributed by atoms with van der Waals surface area (Å²) in [6, 6.07) is 2.57. The van der Waals surface area contributed by atoms with Gasteiger partial charge in [-0.3, -0.25) is 9.78 Å². The molecule has 0 saturated carbocycles. The summed E-state index contributed by atoms with van der Waals surface area (Å²) in [4.78, 5) is 22.5. The molecule has 0 aliphatic heterocycles. The van der Waals surface area contributed by atoms with Crippen molar-refractivity contribution in [2.75, 3.05) is 5.32 Å². The molecule has 0 bridgehead atoms. The fourth-order valence-corrected chi connectivity index (χ4v) is 2.20. The lowest BCUT2D eigenvalue weighted by Crippen LogP contribution is -2.16. The molecule has 0 spiro atoms. The molecule has 0 radical (unpaired) electrons. The molecule has 0 saturated heterocycles. The van der Waals surface area contributed by atoms with Crippen LogP contribution in [0.15, 0.2) is 35.1 Å². The van der Waals surface area contributed by atoms with Gasteiger partial charge in [-0.15, -0.1) is 0 Å². The zero-order chi connectivity index (χ0) is 19.8. The van der Waals surface area contributed by atoms with Crippen LogP contribution in [0.4, 0.5) is 27.8 Å². The van der Waals surface area contributed by atoms with Gasteiger partial charge in [0.25, 0.3) is 5.91 Å². The van der Waals surface area contributed by atoms with Crippen molar-refractivity contribution in [3.05, 3.63) is 59.6 Å². The Hall–Kier alpha value is -3.37. The minimum Gasteiger partial charge on any atom is -0.438 e. The van der Waals surface area contributed by atoms with Crippen LogP contribution in [0.1, 0.15) is 22.0 Å². The molecular formula is C16H9F5N4O2. The Balaban J connectivity index is 1.82. The van der Waals surface area contributed by atoms with Crippen LogP contribution >= 0.6 is 0 Å². The first kappa shape index (κ1) is 18.4. The van der Waals surface area contributed by atoms with Gasteiger partial charge in [0.05, 0.1) is 12.4 Å². The molecule has 3 aromatic rings. The van der Waals surface area contributed by atoms with Crippen molar-refractivity contribution in [3.8, 4) is 11.3 Å². The van der Waals surface area contributed by atoms with Crippen LogP contribution < -0.4 is 5.32 Å². The van der Waals surface area contributed by atoms with Gasteiger partial charge in [0.2, 0.25) is 0 Å². The number of hydrogen-bond donors (Lipinski definition) is 1. The number of rotatable bonds is 3. The Kier molecular flexibility index (Phi) is 4.60. The summed E-state index contributed by atoms with van der Waals surface area (Å²) >= 11 is 0. The van der Waals surface area contributed by atoms with Crippen LogP contribution in [0.3, 0.4) is 0 Å². The summed E-state index contributed by atoms with van der Waals surface area (Å²) in [7, 11) is 0. The van der Waals surface area contributed by atoms with E-state index in [2.05, 4.69) is 24.7 Å². The molecule has 0 unspecified atom stereocenters. The van der Waals surface area contributed by atoms with Crippen molar-refractivity contribution in [2.45, 2.75) is 13.1 Å². The first-order valence-electron chi connectivity index (χ1n) is 7.28. The third-order valence-corrected chi connectivity index (χ3v) is 3.40. The van der Waals surface area contributed by atoms with E-state index in [0.717, 1.165) is 6.20 Å². The van der Waals surface area contributed by atoms with Crippen molar-refractivity contribution in [3.63, 3.8) is 0 Å². The first-order valence-corrected chi connectivity index (χ1v) is 7.28. The summed E-state index contributed by atoms with van der Waals surface area (Å²) in [5.74, 6) is -4.93. The van der Waals surface area contributed by atoms with Crippen molar-refractivity contribution in [1.29, 1.82) is 0 Å². The summed E-state index contributed by atoms with van der Waals surface area (Å²) < 4.78 is 69.6. The van der Waals surface area contributed by atoms with Gasteiger partial charge in [-0.2, -0.15) is 13.2 Å². The van der Waals surface area contributed by atoms with Gasteiger partial charge in [0.1, 0.15) is 22.8 Å². The van der Waals surface area contributed by atoms with E-state index in [1.165, 1.54) is 19.1 Å². The second-order valence-corrected chi connectivity index (χ2v) is 5.29. The predicted octanol–water partition coefficient (Wildman–Crippen LogP) is 3.99. The fourth-order valence-electron chi connectivity index (χ4n) is 2.20. The third kappa shape index (κ3) is 3.76. The van der Waals surface area contributed by atoms with E-state index in [1.807, 2.05) is 0 Å². The molecule has 27 heavy (non-hydrogen) atoms. The van der Waals surface area contributed by atoms with Gasteiger partial charge >= 0.3 is 12.1 Å². The number of oxazole rings is 1. The van der Waals surface area contributed by atoms with Crippen molar-refractivity contribution in [2.24, 2.45) is 0 Å². The minimum atomic E-state index is -4.73. The lowest BCUT2D eigenvalue weighted by molar-refractivity contribution is -0.157. The number of amides is 1. The fraction of sp³-hybridized carbons (Fsp3) is 0.125. The molecule has 0 atom stereocenters. The number of carbonyl (C=O) groups is 1. The maximum atomic E-state index is 13.5. The van der Waals surface area contributed by atoms with Gasteiger partial charge in [-0.05, 0) is 19.1 Å². The van der Waals surface area contributed by atoms with E-state index in [-0.39, 0.29) is 22.8 Å². The van der Waals surface area contributed by atoms with E-state index >= 15 is 0 Å². The normalized spacial score (nSPS) is 11.5. The number of hydrogen-bond acceptors (Lipinski definition) is 5. The summed E-state index contributed by atoms with van der Waals surface area (Å²) in [6.07, 6.45) is -2.23. The zero-order valence-electron chi connectivity index (χ0n) is 13.4. The number of nitrogens with zero attached hydrogens (tertiary/aromatic N) is 3. The molecular weight excluding hydrogens is 375 g/mol. The Bertz CT molecular complexity index is 979. The Labute approximate surface area is 148 Å². The average molecular weight is 384 g/mol. The van der Waals surface area contributed by atoms with Crippen LogP contribution in [0, 0.1) is 18.6 Å². The highest BCUT2D eigenvalue weighted by atomic mass is 19.4. The summed E-state index contributed by atoms with van der Waals surface area (Å²) in [5, 5.41) is 2.18. The molecule has 0 aromatic carbocycles. The van der Waals surface area contributed by atoms with Crippen LogP contribution in [0.25, 0.3) is 11.3 Å². The average Bonchev–Trinajstić information content (AvgIpc) is 2.97. The van der Waals surface area contributed by atoms with Crippen molar-refractivity contribution < 1.29 is 31.2 Å². The Morgan fingerprint density at radius 2 is 1.78 bits per heavy atom. The minimum absolute atomic E-state index is 0.0677. The largest absolute Gasteiger partial charge is 0.468 e. The van der Waals surface area contributed by atoms with Gasteiger partial charge in [-0.1, -0.05) is 0 Å². The zero-order valence-corrected chi connectivity index (χ0v) is 13.4. The molecule has 0 aliphatic carbocycles. The molecule has 3 rings (SSSR count). The topological polar surface area (TPSA) is 80.9 Å². The number of aryl methyl sites for hydroxylation is 1. The smallest absolute Gasteiger partial charge is 0.438 e. The lowest BCUT2D eigenvalue weighted by Gasteiger charge is -2.06. The maximum Gasteiger partial charge on any atom is 0.468 e. The number of aromatic nitrogens is 3. The molecule has 0 fully saturated rings. The van der Waals surface area contributed by atoms with Crippen molar-refractivity contribution in [1.82, 2.24) is 15.0 Å². The standard InChI is InChI=1S/C16H9F5N4O2/c1-7-13(25-15(27-7)16(19,20)21)8-2-3-11(23-4-8)24-14(26)12-9(17)5-22-6-10(12)18/h2-6H,1H3,(H,23,24,26). The van der Waals surface area contributed by atoms with E-state index in [4.69, 9.17) is 0 Å². The van der Waals surface area contributed by atoms with Gasteiger partial charge in [0.15, 0.2) is 11.6 Å². The van der Waals surface area contributed by atoms with Crippen LogP contribution in [0.2, 0.25) is 0 Å². The second kappa shape index (κ2) is 6.74. The second-order valence-electron chi connectivity index (χ2n) is 5.29. The van der Waals surface area contributed by atoms with E-state index in [9.17, 15) is 26.7 Å². The molecule has 3 aromatic heterocycles. The lowest BCUT2D eigenvalue weighted by atomic mass is 10.2. The maximum absolute atomic E-state index is 13.5. The molecule has 140 valence electrons. The highest BCUT2D eigenvalue weighted by Gasteiger charge is 2.38. The summed E-state index contributed by atoms with van der Waals surface area (Å²) in [5.41, 5.74) is -0.706. The number of carbonyl (C=O) groups excluding carboxylic acids is 1. The van der Waals surface area contributed by atoms with E-state index < -0.39 is 35.2 Å². The number of halogens is 5. The molecule has 1 N–H and O–H groups in total. The SMILES string of the molecule is Cc1oc(C(F)(F)F)nc1-c1ccc(NC(=O)c2c(F)cncc2F)nc1. The van der Waals surface area contributed by atoms with Crippen LogP contribution in [0.5, 0.6) is 0 Å². The molecule has 3 heterocycles. The van der Waals surface area contributed by atoms with E-state index in [1.54, 1.807) is 0 Å². The van der Waals surface area contributed by atoms with Gasteiger partial charge in [0, 0.05) is 11.8 Å². The number of pyridine rings is 2. The number of nitrogens with one attached hydrogen (secondary N) is 1. The van der Waals surface area contributed by atoms with E-state index in [0.29, 0.717) is 12.4 Å². The molecule has 6 nitrogen and oxygen atoms in total. The third-order valence-electron chi connectivity index (χ3n) is 3.40. The monoisotopic (exact) mass is 384 g/mol. The number of alkyl halides is 3. The summed E-state index contributed by atoms with van der Waals surface area (Å²) in [6.45, 7) is 1.31. The van der Waals surface area contributed by atoms with Crippen molar-refractivity contribution >= 4 is 11.7 Å². The quantitative estimate of drug-likeness (QED) is 0.691. The van der Waals surface area contributed by atoms with Gasteiger partial charge in [-0.25, -0.2) is 18.7 Å². The Morgan fingerprint density at radius 1 is 1.11 bits per heavy atom. The predicted molar refractivity (Wildman–Crippen MR) is 81.6 cm³/mol. The molecule has 1 amide bonds. The van der Waals surface area contributed by atoms with Crippen LogP contribution in [-0.4, -0.2) is 20.9 Å². The van der Waals surface area contributed by atoms with Crippen LogP contribution in [-0.2, 0) is 6.18 Å². The van der Waals surface area contributed by atoms with Gasteiger partial charge < -0.3 is 9.73 Å². The molecule has 0 aliphatic rings. The Morgan fingerprint density at radius 3 is 2.30 bits per heavy atom. The first-order chi connectivity index (χ1) is 12.7. The highest BCUT2D eigenvalue weighted by molar-refractivity contribution is 6.04. The molecule has 11 heteroatoms. The number of anilines is 1. The highest BCUT2D eigenvalue weighted by Crippen LogP contribution is 2.33.